The fourth-order valence-corrected chi connectivity index (χ4v) is 3.91. The van der Waals surface area contributed by atoms with Crippen LogP contribution in [0.1, 0.15) is 40.8 Å². The van der Waals surface area contributed by atoms with Crippen molar-refractivity contribution >= 4 is 5.91 Å². The van der Waals surface area contributed by atoms with Crippen LogP contribution < -0.4 is 20.1 Å². The summed E-state index contributed by atoms with van der Waals surface area (Å²) in [5.41, 5.74) is 1.36. The molecule has 0 saturated carbocycles. The number of rotatable bonds is 10. The first-order valence-corrected chi connectivity index (χ1v) is 11.3. The average Bonchev–Trinajstić information content (AvgIpc) is 2.88. The Balaban J connectivity index is 1.93. The number of carbonyl (C=O) groups is 1. The number of benzene rings is 3. The summed E-state index contributed by atoms with van der Waals surface area (Å²) >= 11 is 0. The molecule has 0 aliphatic rings. The number of aryl methyl sites for hydroxylation is 1. The summed E-state index contributed by atoms with van der Waals surface area (Å²) in [5.74, 6) is 0.286. The van der Waals surface area contributed by atoms with Gasteiger partial charge >= 0.3 is 6.18 Å². The van der Waals surface area contributed by atoms with Crippen LogP contribution in [0, 0.1) is 5.82 Å². The largest absolute Gasteiger partial charge is 0.493 e. The minimum Gasteiger partial charge on any atom is -0.493 e. The van der Waals surface area contributed by atoms with Gasteiger partial charge in [-0.1, -0.05) is 30.3 Å². The van der Waals surface area contributed by atoms with E-state index in [0.717, 1.165) is 17.7 Å². The van der Waals surface area contributed by atoms with Gasteiger partial charge in [-0.2, -0.15) is 13.2 Å². The molecular weight excluding hydrogens is 476 g/mol. The number of hydrogen-bond acceptors (Lipinski definition) is 4. The van der Waals surface area contributed by atoms with Crippen molar-refractivity contribution < 1.29 is 31.8 Å². The highest BCUT2D eigenvalue weighted by atomic mass is 19.4. The second kappa shape index (κ2) is 11.9. The lowest BCUT2D eigenvalue weighted by Crippen LogP contribution is -2.38. The molecule has 5 nitrogen and oxygen atoms in total. The van der Waals surface area contributed by atoms with Crippen molar-refractivity contribution in [3.63, 3.8) is 0 Å². The Morgan fingerprint density at radius 1 is 0.889 bits per heavy atom. The van der Waals surface area contributed by atoms with Crippen LogP contribution in [0.4, 0.5) is 17.6 Å². The summed E-state index contributed by atoms with van der Waals surface area (Å²) in [6, 6.07) is 14.8. The van der Waals surface area contributed by atoms with Crippen molar-refractivity contribution in [1.29, 1.82) is 0 Å². The third kappa shape index (κ3) is 6.75. The average molecular weight is 505 g/mol. The number of carbonyl (C=O) groups excluding carboxylic acids is 1. The van der Waals surface area contributed by atoms with E-state index >= 15 is 0 Å². The van der Waals surface area contributed by atoms with Gasteiger partial charge in [0.2, 0.25) is 5.91 Å². The third-order valence-electron chi connectivity index (χ3n) is 5.89. The van der Waals surface area contributed by atoms with Gasteiger partial charge in [0, 0.05) is 13.1 Å². The number of amides is 1. The van der Waals surface area contributed by atoms with Crippen molar-refractivity contribution in [3.8, 4) is 11.5 Å². The summed E-state index contributed by atoms with van der Waals surface area (Å²) in [5, 5.41) is 5.96. The molecule has 0 aliphatic heterocycles. The Hall–Kier alpha value is -3.59. The van der Waals surface area contributed by atoms with E-state index < -0.39 is 29.6 Å². The topological polar surface area (TPSA) is 59.6 Å². The van der Waals surface area contributed by atoms with E-state index in [1.165, 1.54) is 57.7 Å². The molecular formula is C27H28F4N2O3. The van der Waals surface area contributed by atoms with E-state index in [1.807, 2.05) is 6.07 Å². The van der Waals surface area contributed by atoms with Crippen molar-refractivity contribution in [2.24, 2.45) is 0 Å². The van der Waals surface area contributed by atoms with Gasteiger partial charge in [-0.15, -0.1) is 0 Å². The van der Waals surface area contributed by atoms with E-state index in [9.17, 15) is 22.4 Å². The Bertz CT molecular complexity index is 1150. The number of methoxy groups -OCH3 is 2. The van der Waals surface area contributed by atoms with Gasteiger partial charge in [0.25, 0.3) is 0 Å². The second-order valence-corrected chi connectivity index (χ2v) is 8.17. The van der Waals surface area contributed by atoms with E-state index in [0.29, 0.717) is 35.5 Å². The highest BCUT2D eigenvalue weighted by molar-refractivity contribution is 5.83. The standard InChI is InChI=1S/C27H28F4N2O3/c1-32-26(34)25(18-7-12-21(28)13-8-18)33-22(19-9-15-23(35-2)24(16-19)36-3)14-6-17-4-10-20(11-5-17)27(29,30)31/h4-5,7-13,15-16,22,25,33H,6,14H2,1-3H3,(H,32,34)/t22-,25-/m0/s1. The molecule has 0 radical (unpaired) electrons. The summed E-state index contributed by atoms with van der Waals surface area (Å²) in [6.07, 6.45) is -3.51. The van der Waals surface area contributed by atoms with E-state index in [2.05, 4.69) is 10.6 Å². The fourth-order valence-electron chi connectivity index (χ4n) is 3.91. The molecule has 2 N–H and O–H groups in total. The molecule has 0 bridgehead atoms. The molecule has 36 heavy (non-hydrogen) atoms. The monoisotopic (exact) mass is 504 g/mol. The number of ether oxygens (including phenoxy) is 2. The maximum atomic E-state index is 13.5. The Morgan fingerprint density at radius 2 is 1.50 bits per heavy atom. The van der Waals surface area contributed by atoms with Gasteiger partial charge in [-0.25, -0.2) is 4.39 Å². The first kappa shape index (κ1) is 27.0. The molecule has 0 fully saturated rings. The normalized spacial score (nSPS) is 13.1. The Morgan fingerprint density at radius 3 is 2.06 bits per heavy atom. The van der Waals surface area contributed by atoms with Crippen LogP contribution >= 0.6 is 0 Å². The lowest BCUT2D eigenvalue weighted by Gasteiger charge is -2.26. The van der Waals surface area contributed by atoms with Crippen LogP contribution in [0.15, 0.2) is 66.7 Å². The van der Waals surface area contributed by atoms with Crippen molar-refractivity contribution in [3.05, 3.63) is 94.8 Å². The number of nitrogens with one attached hydrogen (secondary N) is 2. The quantitative estimate of drug-likeness (QED) is 0.352. The number of hydrogen-bond donors (Lipinski definition) is 2. The summed E-state index contributed by atoms with van der Waals surface area (Å²) in [6.45, 7) is 0. The molecule has 3 aromatic rings. The van der Waals surface area contributed by atoms with Crippen molar-refractivity contribution in [2.75, 3.05) is 21.3 Å². The highest BCUT2D eigenvalue weighted by Crippen LogP contribution is 2.33. The van der Waals surface area contributed by atoms with Gasteiger partial charge in [0.05, 0.1) is 19.8 Å². The lowest BCUT2D eigenvalue weighted by molar-refractivity contribution is -0.137. The van der Waals surface area contributed by atoms with E-state index in [1.54, 1.807) is 12.1 Å². The maximum absolute atomic E-state index is 13.5. The number of alkyl halides is 3. The Labute approximate surface area is 207 Å². The van der Waals surface area contributed by atoms with Crippen LogP contribution in [-0.2, 0) is 17.4 Å². The molecule has 3 rings (SSSR count). The molecule has 0 spiro atoms. The Kier molecular flexibility index (Phi) is 8.93. The smallest absolute Gasteiger partial charge is 0.416 e. The van der Waals surface area contributed by atoms with Crippen LogP contribution in [-0.4, -0.2) is 27.2 Å². The predicted molar refractivity (Wildman–Crippen MR) is 128 cm³/mol. The minimum atomic E-state index is -4.40. The highest BCUT2D eigenvalue weighted by Gasteiger charge is 2.30. The van der Waals surface area contributed by atoms with Crippen molar-refractivity contribution in [2.45, 2.75) is 31.1 Å². The second-order valence-electron chi connectivity index (χ2n) is 8.17. The van der Waals surface area contributed by atoms with Crippen molar-refractivity contribution in [1.82, 2.24) is 10.6 Å². The van der Waals surface area contributed by atoms with Gasteiger partial charge in [-0.3, -0.25) is 10.1 Å². The zero-order chi connectivity index (χ0) is 26.3. The molecule has 2 atom stereocenters. The number of likely N-dealkylation sites (N-methyl/N-ethyl adjacent to an activating group) is 1. The van der Waals surface area contributed by atoms with E-state index in [-0.39, 0.29) is 5.91 Å². The first-order valence-electron chi connectivity index (χ1n) is 11.3. The molecule has 9 heteroatoms. The van der Waals surface area contributed by atoms with Crippen LogP contribution in [0.25, 0.3) is 0 Å². The third-order valence-corrected chi connectivity index (χ3v) is 5.89. The van der Waals surface area contributed by atoms with Crippen LogP contribution in [0.3, 0.4) is 0 Å². The van der Waals surface area contributed by atoms with E-state index in [4.69, 9.17) is 9.47 Å². The van der Waals surface area contributed by atoms with Crippen LogP contribution in [0.5, 0.6) is 11.5 Å². The van der Waals surface area contributed by atoms with Gasteiger partial charge in [0.15, 0.2) is 11.5 Å². The van der Waals surface area contributed by atoms with Gasteiger partial charge in [-0.05, 0) is 65.9 Å². The molecule has 0 saturated heterocycles. The minimum absolute atomic E-state index is 0.318. The molecule has 192 valence electrons. The summed E-state index contributed by atoms with van der Waals surface area (Å²) < 4.78 is 63.1. The van der Waals surface area contributed by atoms with Gasteiger partial charge in [0.1, 0.15) is 11.9 Å². The lowest BCUT2D eigenvalue weighted by atomic mass is 9.95. The maximum Gasteiger partial charge on any atom is 0.416 e. The molecule has 0 unspecified atom stereocenters. The van der Waals surface area contributed by atoms with Gasteiger partial charge < -0.3 is 14.8 Å². The first-order chi connectivity index (χ1) is 17.2. The predicted octanol–water partition coefficient (Wildman–Crippen LogP) is 5.61. The number of halogens is 4. The zero-order valence-electron chi connectivity index (χ0n) is 20.2. The summed E-state index contributed by atoms with van der Waals surface area (Å²) in [4.78, 5) is 12.8. The zero-order valence-corrected chi connectivity index (χ0v) is 20.2. The molecule has 1 amide bonds. The fraction of sp³-hybridized carbons (Fsp3) is 0.296. The molecule has 0 heterocycles. The molecule has 3 aromatic carbocycles. The molecule has 0 aromatic heterocycles. The summed E-state index contributed by atoms with van der Waals surface area (Å²) in [7, 11) is 4.54. The molecule has 0 aliphatic carbocycles. The SMILES string of the molecule is CNC(=O)[C@@H](N[C@@H](CCc1ccc(C(F)(F)F)cc1)c1ccc(OC)c(OC)c1)c1ccc(F)cc1. The van der Waals surface area contributed by atoms with Crippen LogP contribution in [0.2, 0.25) is 0 Å².